The molecule has 1 fully saturated rings. The summed E-state index contributed by atoms with van der Waals surface area (Å²) in [6, 6.07) is -0.918. The van der Waals surface area contributed by atoms with Gasteiger partial charge in [-0.3, -0.25) is 4.79 Å². The maximum Gasteiger partial charge on any atom is 0.410 e. The van der Waals surface area contributed by atoms with Crippen LogP contribution in [-0.4, -0.2) is 47.3 Å². The summed E-state index contributed by atoms with van der Waals surface area (Å²) in [5.74, 6) is -1.05. The van der Waals surface area contributed by atoms with Crippen LogP contribution in [0.2, 0.25) is 0 Å². The fraction of sp³-hybridized carbons (Fsp3) is 0.750. The van der Waals surface area contributed by atoms with Gasteiger partial charge in [0.2, 0.25) is 0 Å². The van der Waals surface area contributed by atoms with Crippen LogP contribution in [0.5, 0.6) is 0 Å². The van der Waals surface area contributed by atoms with Gasteiger partial charge in [-0.25, -0.2) is 4.79 Å². The molecule has 6 nitrogen and oxygen atoms in total. The molecule has 14 heavy (non-hydrogen) atoms. The van der Waals surface area contributed by atoms with Gasteiger partial charge in [-0.15, -0.1) is 0 Å². The number of hydrogen-bond acceptors (Lipinski definition) is 4. The van der Waals surface area contributed by atoms with Gasteiger partial charge in [-0.05, 0) is 13.3 Å². The summed E-state index contributed by atoms with van der Waals surface area (Å²) in [6.07, 6.45) is -0.149. The second kappa shape index (κ2) is 4.28. The van der Waals surface area contributed by atoms with E-state index in [1.807, 2.05) is 6.92 Å². The van der Waals surface area contributed by atoms with E-state index in [-0.39, 0.29) is 12.5 Å². The molecule has 6 heteroatoms. The predicted octanol–water partition coefficient (Wildman–Crippen LogP) is -0.371. The molecule has 0 radical (unpaired) electrons. The number of carbonyl (C=O) groups is 2. The number of hydrogen-bond donors (Lipinski definition) is 2. The second-order valence-electron chi connectivity index (χ2n) is 3.35. The molecular weight excluding hydrogens is 188 g/mol. The molecule has 1 amide bonds. The lowest BCUT2D eigenvalue weighted by Gasteiger charge is -2.18. The Bertz CT molecular complexity index is 243. The Labute approximate surface area is 81.6 Å². The first-order valence-electron chi connectivity index (χ1n) is 4.44. The first-order valence-corrected chi connectivity index (χ1v) is 4.44. The van der Waals surface area contributed by atoms with Crippen molar-refractivity contribution in [1.29, 1.82) is 0 Å². The molecule has 0 spiro atoms. The summed E-state index contributed by atoms with van der Waals surface area (Å²) in [6.45, 7) is 2.53. The van der Waals surface area contributed by atoms with Gasteiger partial charge in [-0.1, -0.05) is 0 Å². The molecule has 2 atom stereocenters. The molecule has 0 aromatic rings. The lowest BCUT2D eigenvalue weighted by molar-refractivity contribution is -0.138. The molecule has 1 saturated heterocycles. The van der Waals surface area contributed by atoms with Crippen molar-refractivity contribution in [2.45, 2.75) is 25.4 Å². The smallest absolute Gasteiger partial charge is 0.410 e. The van der Waals surface area contributed by atoms with Gasteiger partial charge < -0.3 is 20.5 Å². The standard InChI is InChI=1S/C8H14N2O4/c1-5-4-14-8(13)10(5)3-2-6(9)7(11)12/h5-6H,2-4,9H2,1H3,(H,11,12). The zero-order valence-corrected chi connectivity index (χ0v) is 7.97. The number of carboxylic acid groups (broad SMARTS) is 1. The molecular formula is C8H14N2O4. The van der Waals surface area contributed by atoms with Gasteiger partial charge in [0.1, 0.15) is 12.6 Å². The van der Waals surface area contributed by atoms with E-state index >= 15 is 0 Å². The summed E-state index contributed by atoms with van der Waals surface area (Å²) in [4.78, 5) is 23.0. The molecule has 0 aliphatic carbocycles. The third-order valence-electron chi connectivity index (χ3n) is 2.21. The second-order valence-corrected chi connectivity index (χ2v) is 3.35. The van der Waals surface area contributed by atoms with Crippen LogP contribution in [0, 0.1) is 0 Å². The summed E-state index contributed by atoms with van der Waals surface area (Å²) in [5, 5.41) is 8.53. The monoisotopic (exact) mass is 202 g/mol. The zero-order valence-electron chi connectivity index (χ0n) is 7.97. The summed E-state index contributed by atoms with van der Waals surface area (Å²) in [5.41, 5.74) is 5.31. The molecule has 0 aromatic heterocycles. The van der Waals surface area contributed by atoms with Crippen molar-refractivity contribution in [2.75, 3.05) is 13.2 Å². The van der Waals surface area contributed by atoms with Crippen molar-refractivity contribution in [3.8, 4) is 0 Å². The van der Waals surface area contributed by atoms with Crippen LogP contribution < -0.4 is 5.73 Å². The average molecular weight is 202 g/mol. The van der Waals surface area contributed by atoms with Crippen molar-refractivity contribution in [2.24, 2.45) is 5.73 Å². The molecule has 1 rings (SSSR count). The van der Waals surface area contributed by atoms with Gasteiger partial charge >= 0.3 is 12.1 Å². The molecule has 0 aromatic carbocycles. The maximum absolute atomic E-state index is 11.1. The number of nitrogens with two attached hydrogens (primary N) is 1. The number of amides is 1. The van der Waals surface area contributed by atoms with E-state index in [4.69, 9.17) is 15.6 Å². The van der Waals surface area contributed by atoms with Crippen LogP contribution in [0.3, 0.4) is 0 Å². The molecule has 0 bridgehead atoms. The van der Waals surface area contributed by atoms with Crippen molar-refractivity contribution >= 4 is 12.1 Å². The fourth-order valence-corrected chi connectivity index (χ4v) is 1.26. The molecule has 80 valence electrons. The van der Waals surface area contributed by atoms with E-state index in [1.54, 1.807) is 0 Å². The van der Waals surface area contributed by atoms with Gasteiger partial charge in [-0.2, -0.15) is 0 Å². The molecule has 2 unspecified atom stereocenters. The van der Waals surface area contributed by atoms with Crippen LogP contribution in [0.4, 0.5) is 4.79 Å². The van der Waals surface area contributed by atoms with Gasteiger partial charge in [0, 0.05) is 6.54 Å². The van der Waals surface area contributed by atoms with E-state index in [0.29, 0.717) is 13.2 Å². The van der Waals surface area contributed by atoms with Gasteiger partial charge in [0.15, 0.2) is 0 Å². The summed E-state index contributed by atoms with van der Waals surface area (Å²) in [7, 11) is 0. The van der Waals surface area contributed by atoms with Crippen molar-refractivity contribution in [3.05, 3.63) is 0 Å². The van der Waals surface area contributed by atoms with Crippen LogP contribution in [0.25, 0.3) is 0 Å². The van der Waals surface area contributed by atoms with Crippen LogP contribution in [0.1, 0.15) is 13.3 Å². The van der Waals surface area contributed by atoms with Crippen LogP contribution in [0.15, 0.2) is 0 Å². The largest absolute Gasteiger partial charge is 0.480 e. The number of nitrogens with zero attached hydrogens (tertiary/aromatic N) is 1. The molecule has 1 aliphatic heterocycles. The first-order chi connectivity index (χ1) is 6.52. The third-order valence-corrected chi connectivity index (χ3v) is 2.21. The Kier molecular flexibility index (Phi) is 3.29. The number of carbonyl (C=O) groups excluding carboxylic acids is 1. The summed E-state index contributed by atoms with van der Waals surface area (Å²) < 4.78 is 4.77. The van der Waals surface area contributed by atoms with Crippen LogP contribution >= 0.6 is 0 Å². The highest BCUT2D eigenvalue weighted by molar-refractivity contribution is 5.73. The molecule has 3 N–H and O–H groups in total. The minimum atomic E-state index is -1.05. The Hall–Kier alpha value is -1.30. The number of aliphatic carboxylic acids is 1. The molecule has 1 heterocycles. The fourth-order valence-electron chi connectivity index (χ4n) is 1.26. The number of cyclic esters (lactones) is 1. The van der Waals surface area contributed by atoms with Crippen molar-refractivity contribution in [1.82, 2.24) is 4.90 Å². The van der Waals surface area contributed by atoms with E-state index in [0.717, 1.165) is 0 Å². The predicted molar refractivity (Wildman–Crippen MR) is 47.7 cm³/mol. The highest BCUT2D eigenvalue weighted by Crippen LogP contribution is 2.12. The SMILES string of the molecule is CC1COC(=O)N1CCC(N)C(=O)O. The minimum absolute atomic E-state index is 0.00324. The van der Waals surface area contributed by atoms with Gasteiger partial charge in [0.25, 0.3) is 0 Å². The Balaban J connectivity index is 2.37. The van der Waals surface area contributed by atoms with E-state index < -0.39 is 18.1 Å². The number of ether oxygens (including phenoxy) is 1. The Morgan fingerprint density at radius 3 is 2.93 bits per heavy atom. The van der Waals surface area contributed by atoms with Crippen LogP contribution in [-0.2, 0) is 9.53 Å². The number of rotatable bonds is 4. The average Bonchev–Trinajstić information content (AvgIpc) is 2.43. The Morgan fingerprint density at radius 2 is 2.50 bits per heavy atom. The van der Waals surface area contributed by atoms with E-state index in [2.05, 4.69) is 0 Å². The topological polar surface area (TPSA) is 92.9 Å². The molecule has 0 saturated carbocycles. The number of carboxylic acids is 1. The van der Waals surface area contributed by atoms with E-state index in [1.165, 1.54) is 4.90 Å². The minimum Gasteiger partial charge on any atom is -0.480 e. The quantitative estimate of drug-likeness (QED) is 0.648. The zero-order chi connectivity index (χ0) is 10.7. The lowest BCUT2D eigenvalue weighted by atomic mass is 10.2. The highest BCUT2D eigenvalue weighted by Gasteiger charge is 2.29. The Morgan fingerprint density at radius 1 is 1.86 bits per heavy atom. The van der Waals surface area contributed by atoms with E-state index in [9.17, 15) is 9.59 Å². The van der Waals surface area contributed by atoms with Crippen molar-refractivity contribution in [3.63, 3.8) is 0 Å². The maximum atomic E-state index is 11.1. The summed E-state index contributed by atoms with van der Waals surface area (Å²) >= 11 is 0. The normalized spacial score (nSPS) is 23.4. The van der Waals surface area contributed by atoms with Gasteiger partial charge in [0.05, 0.1) is 6.04 Å². The highest BCUT2D eigenvalue weighted by atomic mass is 16.6. The lowest BCUT2D eigenvalue weighted by Crippen LogP contribution is -2.38. The third kappa shape index (κ3) is 2.35. The first kappa shape index (κ1) is 10.8. The van der Waals surface area contributed by atoms with Crippen molar-refractivity contribution < 1.29 is 19.4 Å². The molecule has 1 aliphatic rings.